The number of piperidine rings is 1. The fraction of sp³-hybridized carbons (Fsp3) is 0.571. The van der Waals surface area contributed by atoms with Crippen molar-refractivity contribution in [1.82, 2.24) is 19.3 Å². The van der Waals surface area contributed by atoms with Gasteiger partial charge in [0.25, 0.3) is 0 Å². The van der Waals surface area contributed by atoms with Gasteiger partial charge in [-0.15, -0.1) is 0 Å². The molecule has 0 amide bonds. The molecule has 1 aliphatic carbocycles. The van der Waals surface area contributed by atoms with Gasteiger partial charge in [0.1, 0.15) is 5.82 Å². The number of hydrogen-bond acceptors (Lipinski definition) is 6. The molecule has 7 heteroatoms. The second-order valence-electron chi connectivity index (χ2n) is 9.05. The lowest BCUT2D eigenvalue weighted by Gasteiger charge is -2.39. The normalized spacial score (nSPS) is 20.5. The van der Waals surface area contributed by atoms with Crippen LogP contribution in [0, 0.1) is 5.92 Å². The molecule has 2 unspecified atom stereocenters. The molecule has 0 spiro atoms. The summed E-state index contributed by atoms with van der Waals surface area (Å²) in [5.74, 6) is 1.62. The van der Waals surface area contributed by atoms with Gasteiger partial charge < -0.3 is 14.2 Å². The largest absolute Gasteiger partial charge is 0.378 e. The van der Waals surface area contributed by atoms with Gasteiger partial charge >= 0.3 is 0 Å². The van der Waals surface area contributed by atoms with Crippen LogP contribution < -0.4 is 9.62 Å². The number of ether oxygens (including phenoxy) is 1. The van der Waals surface area contributed by atoms with Crippen molar-refractivity contribution in [2.45, 2.75) is 64.5 Å². The van der Waals surface area contributed by atoms with Crippen LogP contribution in [0.2, 0.25) is 0 Å². The molecular weight excluding hydrogens is 454 g/mol. The number of aromatic nitrogens is 3. The third-order valence-corrected chi connectivity index (χ3v) is 7.24. The predicted octanol–water partition coefficient (Wildman–Crippen LogP) is 6.09. The van der Waals surface area contributed by atoms with Crippen LogP contribution in [0.5, 0.6) is 0 Å². The van der Waals surface area contributed by atoms with Gasteiger partial charge in [-0.3, -0.25) is 4.72 Å². The van der Waals surface area contributed by atoms with Crippen molar-refractivity contribution in [2.75, 3.05) is 30.9 Å². The van der Waals surface area contributed by atoms with E-state index in [0.717, 1.165) is 37.5 Å². The summed E-state index contributed by atoms with van der Waals surface area (Å²) < 4.78 is 11.9. The predicted molar refractivity (Wildman–Crippen MR) is 150 cm³/mol. The standard InChI is InChI=1S/C18H29N3OS.C8H8N2.C2H6/c1-23-20-17-10-12-21(18-9-5-6-11-19-18)13-15(17)14-22-16-7-3-2-4-8-16;1-10-6-9-7-4-2-3-5-8(7)10;1-2/h5-6,9,11,15-17,20H,2-4,7-8,10,12-14H2,1H3;2-6H,1H3;1-2H3. The Morgan fingerprint density at radius 1 is 1.00 bits per heavy atom. The number of pyridine rings is 1. The van der Waals surface area contributed by atoms with E-state index in [1.54, 1.807) is 11.9 Å². The zero-order valence-corrected chi connectivity index (χ0v) is 22.7. The van der Waals surface area contributed by atoms with Crippen LogP contribution in [0.1, 0.15) is 52.4 Å². The molecular formula is C28H43N5OS. The van der Waals surface area contributed by atoms with Gasteiger partial charge in [-0.05, 0) is 49.8 Å². The number of para-hydroxylation sites is 2. The Labute approximate surface area is 216 Å². The Bertz CT molecular complexity index is 960. The molecule has 35 heavy (non-hydrogen) atoms. The van der Waals surface area contributed by atoms with Crippen LogP contribution in [0.15, 0.2) is 55.0 Å². The van der Waals surface area contributed by atoms with Crippen LogP contribution in [-0.4, -0.2) is 52.6 Å². The number of nitrogens with zero attached hydrogens (tertiary/aromatic N) is 4. The van der Waals surface area contributed by atoms with E-state index < -0.39 is 0 Å². The average molecular weight is 498 g/mol. The maximum atomic E-state index is 6.29. The Morgan fingerprint density at radius 3 is 2.49 bits per heavy atom. The fourth-order valence-corrected chi connectivity index (χ4v) is 5.44. The van der Waals surface area contributed by atoms with Gasteiger partial charge in [0, 0.05) is 38.3 Å². The molecule has 1 aromatic carbocycles. The molecule has 1 N–H and O–H groups in total. The van der Waals surface area contributed by atoms with Crippen LogP contribution in [0.3, 0.4) is 0 Å². The van der Waals surface area contributed by atoms with Crippen molar-refractivity contribution < 1.29 is 4.74 Å². The molecule has 2 aliphatic rings. The van der Waals surface area contributed by atoms with Crippen molar-refractivity contribution in [3.8, 4) is 0 Å². The lowest BCUT2D eigenvalue weighted by Crippen LogP contribution is -2.50. The second kappa shape index (κ2) is 15.1. The minimum atomic E-state index is 0.490. The molecule has 0 bridgehead atoms. The summed E-state index contributed by atoms with van der Waals surface area (Å²) in [5.41, 5.74) is 2.24. The molecule has 1 aliphatic heterocycles. The first-order valence-electron chi connectivity index (χ1n) is 13.2. The van der Waals surface area contributed by atoms with Gasteiger partial charge in [-0.1, -0.05) is 63.3 Å². The summed E-state index contributed by atoms with van der Waals surface area (Å²) in [6.07, 6.45) is 14.0. The van der Waals surface area contributed by atoms with Gasteiger partial charge in [0.05, 0.1) is 30.1 Å². The third-order valence-electron chi connectivity index (χ3n) is 6.71. The molecule has 2 aromatic heterocycles. The van der Waals surface area contributed by atoms with Crippen molar-refractivity contribution in [3.63, 3.8) is 0 Å². The Morgan fingerprint density at radius 2 is 1.77 bits per heavy atom. The summed E-state index contributed by atoms with van der Waals surface area (Å²) in [7, 11) is 2.00. The lowest BCUT2D eigenvalue weighted by molar-refractivity contribution is 0.000919. The molecule has 2 fully saturated rings. The van der Waals surface area contributed by atoms with Crippen LogP contribution in [0.4, 0.5) is 5.82 Å². The number of aryl methyl sites for hydroxylation is 1. The first-order valence-corrected chi connectivity index (χ1v) is 14.4. The summed E-state index contributed by atoms with van der Waals surface area (Å²) in [6.45, 7) is 6.96. The molecule has 3 heterocycles. The summed E-state index contributed by atoms with van der Waals surface area (Å²) in [6, 6.07) is 14.8. The number of hydrogen-bond donors (Lipinski definition) is 1. The maximum Gasteiger partial charge on any atom is 0.128 e. The van der Waals surface area contributed by atoms with Crippen molar-refractivity contribution in [2.24, 2.45) is 13.0 Å². The van der Waals surface area contributed by atoms with Crippen LogP contribution >= 0.6 is 11.9 Å². The summed E-state index contributed by atoms with van der Waals surface area (Å²) in [5, 5.41) is 0. The van der Waals surface area contributed by atoms with Gasteiger partial charge in [0.2, 0.25) is 0 Å². The summed E-state index contributed by atoms with van der Waals surface area (Å²) in [4.78, 5) is 11.1. The van der Waals surface area contributed by atoms with Crippen molar-refractivity contribution >= 4 is 28.8 Å². The average Bonchev–Trinajstić information content (AvgIpc) is 3.31. The number of nitrogens with one attached hydrogen (secondary N) is 1. The highest BCUT2D eigenvalue weighted by Crippen LogP contribution is 2.26. The number of benzene rings is 1. The second-order valence-corrected chi connectivity index (χ2v) is 9.69. The SMILES string of the molecule is CC.CSNC1CCN(c2ccccn2)CC1COC1CCCCC1.Cn1cnc2ccccc21. The van der Waals surface area contributed by atoms with E-state index in [4.69, 9.17) is 4.74 Å². The monoisotopic (exact) mass is 497 g/mol. The van der Waals surface area contributed by atoms with E-state index in [1.807, 2.05) is 62.3 Å². The van der Waals surface area contributed by atoms with E-state index in [2.05, 4.69) is 44.0 Å². The van der Waals surface area contributed by atoms with Crippen molar-refractivity contribution in [3.05, 3.63) is 55.0 Å². The Hall–Kier alpha value is -2.09. The van der Waals surface area contributed by atoms with Crippen LogP contribution in [0.25, 0.3) is 11.0 Å². The third kappa shape index (κ3) is 8.23. The highest BCUT2D eigenvalue weighted by Gasteiger charge is 2.30. The van der Waals surface area contributed by atoms with Crippen LogP contribution in [-0.2, 0) is 11.8 Å². The molecule has 5 rings (SSSR count). The Balaban J connectivity index is 0.000000236. The number of imidazole rings is 1. The van der Waals surface area contributed by atoms with E-state index in [-0.39, 0.29) is 0 Å². The van der Waals surface area contributed by atoms with E-state index in [9.17, 15) is 0 Å². The highest BCUT2D eigenvalue weighted by molar-refractivity contribution is 7.96. The number of anilines is 1. The Kier molecular flexibility index (Phi) is 11.9. The minimum absolute atomic E-state index is 0.490. The molecule has 1 saturated heterocycles. The first kappa shape index (κ1) is 27.5. The van der Waals surface area contributed by atoms with Gasteiger partial charge in [-0.2, -0.15) is 0 Å². The number of fused-ring (bicyclic) bond motifs is 1. The topological polar surface area (TPSA) is 55.2 Å². The lowest BCUT2D eigenvalue weighted by atomic mass is 9.93. The minimum Gasteiger partial charge on any atom is -0.378 e. The molecule has 6 nitrogen and oxygen atoms in total. The van der Waals surface area contributed by atoms with E-state index in [1.165, 1.54) is 37.6 Å². The van der Waals surface area contributed by atoms with E-state index >= 15 is 0 Å². The van der Waals surface area contributed by atoms with Crippen molar-refractivity contribution in [1.29, 1.82) is 0 Å². The molecule has 2 atom stereocenters. The van der Waals surface area contributed by atoms with Gasteiger partial charge in [0.15, 0.2) is 0 Å². The van der Waals surface area contributed by atoms with Gasteiger partial charge in [-0.25, -0.2) is 9.97 Å². The first-order chi connectivity index (χ1) is 17.2. The molecule has 192 valence electrons. The van der Waals surface area contributed by atoms with E-state index in [0.29, 0.717) is 18.1 Å². The maximum absolute atomic E-state index is 6.29. The quantitative estimate of drug-likeness (QED) is 0.416. The molecule has 1 saturated carbocycles. The molecule has 0 radical (unpaired) electrons. The molecule has 3 aromatic rings. The highest BCUT2D eigenvalue weighted by atomic mass is 32.2. The zero-order chi connectivity index (χ0) is 24.9. The summed E-state index contributed by atoms with van der Waals surface area (Å²) >= 11 is 1.73. The fourth-order valence-electron chi connectivity index (χ4n) is 4.83. The number of rotatable bonds is 6. The smallest absolute Gasteiger partial charge is 0.128 e. The zero-order valence-electron chi connectivity index (χ0n) is 21.9.